The Hall–Kier alpha value is -3.31. The van der Waals surface area contributed by atoms with Crippen LogP contribution >= 0.6 is 0 Å². The number of sulfonamides is 1. The first-order valence-electron chi connectivity index (χ1n) is 9.28. The van der Waals surface area contributed by atoms with Crippen LogP contribution in [0.5, 0.6) is 0 Å². The standard InChI is InChI=1S/C20H21FN4O5S/c1-4-20(18-23-24-19(27)30-18,16-12(3)11(2)5-10-15(16)21)25-31(28,29)14-8-6-13(7-9-14)17(22)26/h5-10,25H,4H2,1-3H3,(H2,22,26)(H,24,27). The Morgan fingerprint density at radius 2 is 1.87 bits per heavy atom. The number of aromatic nitrogens is 2. The lowest BCUT2D eigenvalue weighted by molar-refractivity contribution is 0.1000. The molecular weight excluding hydrogens is 427 g/mol. The number of aromatic amines is 1. The van der Waals surface area contributed by atoms with E-state index in [0.29, 0.717) is 11.1 Å². The summed E-state index contributed by atoms with van der Waals surface area (Å²) in [5, 5.41) is 5.90. The molecule has 4 N–H and O–H groups in total. The van der Waals surface area contributed by atoms with Gasteiger partial charge in [-0.1, -0.05) is 13.0 Å². The Kier molecular flexibility index (Phi) is 5.83. The number of amides is 1. The molecule has 11 heteroatoms. The molecule has 0 radical (unpaired) electrons. The van der Waals surface area contributed by atoms with Crippen LogP contribution in [0.25, 0.3) is 0 Å². The van der Waals surface area contributed by atoms with Gasteiger partial charge in [0.25, 0.3) is 0 Å². The van der Waals surface area contributed by atoms with Gasteiger partial charge in [0.15, 0.2) is 0 Å². The zero-order valence-electron chi connectivity index (χ0n) is 17.0. The minimum atomic E-state index is -4.29. The Morgan fingerprint density at radius 3 is 2.39 bits per heavy atom. The van der Waals surface area contributed by atoms with Gasteiger partial charge < -0.3 is 10.2 Å². The van der Waals surface area contributed by atoms with Crippen LogP contribution in [0.2, 0.25) is 0 Å². The summed E-state index contributed by atoms with van der Waals surface area (Å²) in [6, 6.07) is 7.69. The quantitative estimate of drug-likeness (QED) is 0.502. The summed E-state index contributed by atoms with van der Waals surface area (Å²) in [5.74, 6) is -2.65. The van der Waals surface area contributed by atoms with Crippen molar-refractivity contribution in [3.05, 3.63) is 80.9 Å². The number of halogens is 1. The lowest BCUT2D eigenvalue weighted by Crippen LogP contribution is -2.48. The summed E-state index contributed by atoms with van der Waals surface area (Å²) < 4.78 is 49.1. The zero-order valence-corrected chi connectivity index (χ0v) is 17.8. The van der Waals surface area contributed by atoms with E-state index in [4.69, 9.17) is 10.2 Å². The van der Waals surface area contributed by atoms with Gasteiger partial charge in [-0.25, -0.2) is 22.7 Å². The smallest absolute Gasteiger partial charge is 0.390 e. The van der Waals surface area contributed by atoms with Gasteiger partial charge in [-0.05, 0) is 61.7 Å². The Bertz CT molecular complexity index is 1300. The van der Waals surface area contributed by atoms with Gasteiger partial charge in [0.2, 0.25) is 21.8 Å². The SMILES string of the molecule is CCC(NS(=O)(=O)c1ccc(C(N)=O)cc1)(c1n[nH]c(=O)o1)c1c(F)ccc(C)c1C. The van der Waals surface area contributed by atoms with Crippen molar-refractivity contribution >= 4 is 15.9 Å². The van der Waals surface area contributed by atoms with Crippen LogP contribution < -0.4 is 16.2 Å². The van der Waals surface area contributed by atoms with Crippen LogP contribution in [-0.4, -0.2) is 24.5 Å². The molecule has 0 aliphatic carbocycles. The topological polar surface area (TPSA) is 148 Å². The van der Waals surface area contributed by atoms with Crippen molar-refractivity contribution in [2.24, 2.45) is 5.73 Å². The van der Waals surface area contributed by atoms with Crippen molar-refractivity contribution in [2.75, 3.05) is 0 Å². The first-order chi connectivity index (χ1) is 14.5. The van der Waals surface area contributed by atoms with E-state index >= 15 is 4.39 Å². The van der Waals surface area contributed by atoms with E-state index in [1.54, 1.807) is 26.8 Å². The number of carbonyl (C=O) groups excluding carboxylic acids is 1. The molecule has 1 aromatic heterocycles. The van der Waals surface area contributed by atoms with Crippen LogP contribution in [0.3, 0.4) is 0 Å². The van der Waals surface area contributed by atoms with E-state index in [-0.39, 0.29) is 28.3 Å². The van der Waals surface area contributed by atoms with Gasteiger partial charge in [-0.3, -0.25) is 4.79 Å². The highest BCUT2D eigenvalue weighted by molar-refractivity contribution is 7.89. The monoisotopic (exact) mass is 448 g/mol. The van der Waals surface area contributed by atoms with E-state index < -0.39 is 33.0 Å². The maximum absolute atomic E-state index is 15.1. The third-order valence-corrected chi connectivity index (χ3v) is 6.71. The number of carbonyl (C=O) groups is 1. The third kappa shape index (κ3) is 4.01. The summed E-state index contributed by atoms with van der Waals surface area (Å²) >= 11 is 0. The molecule has 1 amide bonds. The minimum Gasteiger partial charge on any atom is -0.390 e. The molecule has 0 aliphatic heterocycles. The van der Waals surface area contributed by atoms with E-state index in [2.05, 4.69) is 14.9 Å². The summed E-state index contributed by atoms with van der Waals surface area (Å²) in [6.45, 7) is 4.99. The highest BCUT2D eigenvalue weighted by atomic mass is 32.2. The van der Waals surface area contributed by atoms with Crippen LogP contribution in [0.15, 0.2) is 50.5 Å². The Labute approximate surface area is 177 Å². The minimum absolute atomic E-state index is 0.0115. The average molecular weight is 448 g/mol. The van der Waals surface area contributed by atoms with Gasteiger partial charge in [-0.2, -0.15) is 4.72 Å². The number of H-pyrrole nitrogens is 1. The second-order valence-corrected chi connectivity index (χ2v) is 8.72. The number of primary amides is 1. The van der Waals surface area contributed by atoms with Crippen LogP contribution in [-0.2, 0) is 15.6 Å². The van der Waals surface area contributed by atoms with Gasteiger partial charge in [0, 0.05) is 11.1 Å². The highest BCUT2D eigenvalue weighted by Crippen LogP contribution is 2.37. The molecule has 1 atom stereocenters. The highest BCUT2D eigenvalue weighted by Gasteiger charge is 2.45. The van der Waals surface area contributed by atoms with Crippen molar-refractivity contribution in [3.8, 4) is 0 Å². The first kappa shape index (κ1) is 22.4. The number of aryl methyl sites for hydroxylation is 1. The molecule has 3 rings (SSSR count). The molecule has 0 bridgehead atoms. The van der Waals surface area contributed by atoms with Gasteiger partial charge in [0.1, 0.15) is 11.4 Å². The molecule has 0 fully saturated rings. The van der Waals surface area contributed by atoms with Crippen molar-refractivity contribution < 1.29 is 22.0 Å². The molecule has 1 heterocycles. The van der Waals surface area contributed by atoms with Crippen LogP contribution in [0.4, 0.5) is 4.39 Å². The van der Waals surface area contributed by atoms with E-state index in [9.17, 15) is 18.0 Å². The molecule has 164 valence electrons. The molecule has 0 aliphatic rings. The van der Waals surface area contributed by atoms with Crippen molar-refractivity contribution in [1.82, 2.24) is 14.9 Å². The first-order valence-corrected chi connectivity index (χ1v) is 10.8. The Balaban J connectivity index is 2.24. The molecule has 31 heavy (non-hydrogen) atoms. The molecule has 3 aromatic rings. The molecule has 1 unspecified atom stereocenters. The summed E-state index contributed by atoms with van der Waals surface area (Å²) in [4.78, 5) is 22.7. The second-order valence-electron chi connectivity index (χ2n) is 7.04. The normalized spacial score (nSPS) is 13.7. The third-order valence-electron chi connectivity index (χ3n) is 5.20. The number of nitrogens with two attached hydrogens (primary N) is 1. The fourth-order valence-corrected chi connectivity index (χ4v) is 4.81. The van der Waals surface area contributed by atoms with E-state index in [1.807, 2.05) is 0 Å². The van der Waals surface area contributed by atoms with Gasteiger partial charge in [0.05, 0.1) is 4.90 Å². The van der Waals surface area contributed by atoms with Crippen molar-refractivity contribution in [2.45, 2.75) is 37.6 Å². The lowest BCUT2D eigenvalue weighted by Gasteiger charge is -2.32. The largest absolute Gasteiger partial charge is 0.434 e. The summed E-state index contributed by atoms with van der Waals surface area (Å²) in [7, 11) is -4.29. The van der Waals surface area contributed by atoms with Crippen molar-refractivity contribution in [3.63, 3.8) is 0 Å². The number of rotatable bonds is 7. The average Bonchev–Trinajstić information content (AvgIpc) is 3.17. The fraction of sp³-hybridized carbons (Fsp3) is 0.250. The maximum Gasteiger partial charge on any atom is 0.434 e. The van der Waals surface area contributed by atoms with Crippen LogP contribution in [0.1, 0.15) is 46.3 Å². The molecule has 0 spiro atoms. The lowest BCUT2D eigenvalue weighted by atomic mass is 9.83. The number of hydrogen-bond donors (Lipinski definition) is 3. The fourth-order valence-electron chi connectivity index (χ4n) is 3.41. The maximum atomic E-state index is 15.1. The molecule has 9 nitrogen and oxygen atoms in total. The van der Waals surface area contributed by atoms with Gasteiger partial charge in [-0.15, -0.1) is 5.10 Å². The van der Waals surface area contributed by atoms with E-state index in [0.717, 1.165) is 0 Å². The zero-order chi connectivity index (χ0) is 23.0. The second kappa shape index (κ2) is 8.08. The predicted octanol–water partition coefficient (Wildman–Crippen LogP) is 1.85. The number of nitrogens with zero attached hydrogens (tertiary/aromatic N) is 1. The summed E-state index contributed by atoms with van der Waals surface area (Å²) in [6.07, 6.45) is -0.0272. The number of benzene rings is 2. The molecule has 0 saturated carbocycles. The number of nitrogens with one attached hydrogen (secondary N) is 2. The summed E-state index contributed by atoms with van der Waals surface area (Å²) in [5.41, 5.74) is 4.67. The molecule has 2 aromatic carbocycles. The molecular formula is C20H21FN4O5S. The van der Waals surface area contributed by atoms with Crippen molar-refractivity contribution in [1.29, 1.82) is 0 Å². The van der Waals surface area contributed by atoms with Crippen LogP contribution in [0, 0.1) is 19.7 Å². The Morgan fingerprint density at radius 1 is 1.23 bits per heavy atom. The predicted molar refractivity (Wildman–Crippen MR) is 109 cm³/mol. The van der Waals surface area contributed by atoms with Gasteiger partial charge >= 0.3 is 5.76 Å². The van der Waals surface area contributed by atoms with E-state index in [1.165, 1.54) is 30.3 Å². The number of hydrogen-bond acceptors (Lipinski definition) is 6. The molecule has 0 saturated heterocycles.